The number of anilines is 2. The van der Waals surface area contributed by atoms with Crippen LogP contribution in [0.5, 0.6) is 5.88 Å². The largest absolute Gasteiger partial charge is 0.479 e. The summed E-state index contributed by atoms with van der Waals surface area (Å²) in [6, 6.07) is 1.85. The topological polar surface area (TPSA) is 69.7 Å². The molecule has 0 aliphatic carbocycles. The van der Waals surface area contributed by atoms with Gasteiger partial charge in [-0.1, -0.05) is 0 Å². The Morgan fingerprint density at radius 2 is 2.19 bits per heavy atom. The van der Waals surface area contributed by atoms with Gasteiger partial charge >= 0.3 is 0 Å². The normalized spacial score (nSPS) is 15.6. The summed E-state index contributed by atoms with van der Waals surface area (Å²) in [5.74, 6) is 0.376. The third-order valence-corrected chi connectivity index (χ3v) is 3.41. The Hall–Kier alpha value is -1.86. The Labute approximate surface area is 125 Å². The lowest BCUT2D eigenvalue weighted by Crippen LogP contribution is -2.46. The molecular weight excluding hydrogens is 270 g/mol. The van der Waals surface area contributed by atoms with Crippen LogP contribution in [-0.2, 0) is 4.79 Å². The fourth-order valence-electron chi connectivity index (χ4n) is 2.33. The van der Waals surface area contributed by atoms with Crippen molar-refractivity contribution < 1.29 is 9.53 Å². The van der Waals surface area contributed by atoms with Crippen molar-refractivity contribution in [3.63, 3.8) is 0 Å². The Bertz CT molecular complexity index is 486. The molecule has 1 aromatic rings. The van der Waals surface area contributed by atoms with Gasteiger partial charge in [0, 0.05) is 46.5 Å². The number of carbonyl (C=O) groups is 1. The van der Waals surface area contributed by atoms with Gasteiger partial charge in [0.1, 0.15) is 5.69 Å². The van der Waals surface area contributed by atoms with Crippen LogP contribution in [0.15, 0.2) is 12.3 Å². The van der Waals surface area contributed by atoms with E-state index < -0.39 is 0 Å². The van der Waals surface area contributed by atoms with Crippen LogP contribution in [0.4, 0.5) is 11.4 Å². The summed E-state index contributed by atoms with van der Waals surface area (Å²) in [6.45, 7) is 4.00. The van der Waals surface area contributed by atoms with Crippen molar-refractivity contribution in [2.45, 2.75) is 0 Å². The van der Waals surface area contributed by atoms with Crippen LogP contribution < -0.4 is 20.3 Å². The third kappa shape index (κ3) is 4.05. The maximum absolute atomic E-state index is 12.2. The molecule has 0 unspecified atom stereocenters. The van der Waals surface area contributed by atoms with Crippen LogP contribution in [0.2, 0.25) is 0 Å². The first kappa shape index (κ1) is 15.5. The Morgan fingerprint density at radius 3 is 2.81 bits per heavy atom. The smallest absolute Gasteiger partial charge is 0.239 e. The fraction of sp³-hybridized carbons (Fsp3) is 0.571. The lowest BCUT2D eigenvalue weighted by molar-refractivity contribution is -0.117. The number of hydrogen-bond acceptors (Lipinski definition) is 6. The fourth-order valence-corrected chi connectivity index (χ4v) is 2.33. The molecular formula is C14H23N5O2. The van der Waals surface area contributed by atoms with E-state index in [4.69, 9.17) is 4.74 Å². The zero-order valence-corrected chi connectivity index (χ0v) is 12.8. The average Bonchev–Trinajstić information content (AvgIpc) is 2.48. The molecule has 1 aromatic heterocycles. The van der Waals surface area contributed by atoms with Gasteiger partial charge in [-0.25, -0.2) is 4.98 Å². The molecule has 7 heteroatoms. The van der Waals surface area contributed by atoms with Gasteiger partial charge in [-0.2, -0.15) is 0 Å². The van der Waals surface area contributed by atoms with Crippen LogP contribution in [0.1, 0.15) is 0 Å². The predicted molar refractivity (Wildman–Crippen MR) is 83.1 cm³/mol. The van der Waals surface area contributed by atoms with Gasteiger partial charge in [0.15, 0.2) is 0 Å². The first-order valence-electron chi connectivity index (χ1n) is 7.05. The molecule has 0 radical (unpaired) electrons. The summed E-state index contributed by atoms with van der Waals surface area (Å²) in [4.78, 5) is 20.5. The van der Waals surface area contributed by atoms with Crippen molar-refractivity contribution in [3.05, 3.63) is 12.3 Å². The van der Waals surface area contributed by atoms with Crippen LogP contribution in [0.3, 0.4) is 0 Å². The number of ether oxygens (including phenoxy) is 1. The number of rotatable bonds is 5. The van der Waals surface area contributed by atoms with Crippen LogP contribution in [0, 0.1) is 0 Å². The summed E-state index contributed by atoms with van der Waals surface area (Å²) in [5.41, 5.74) is 1.49. The van der Waals surface area contributed by atoms with E-state index in [1.54, 1.807) is 13.3 Å². The number of amides is 1. The van der Waals surface area contributed by atoms with Gasteiger partial charge in [0.2, 0.25) is 11.8 Å². The zero-order chi connectivity index (χ0) is 15.2. The number of hydrogen-bond donors (Lipinski definition) is 2. The molecule has 1 fully saturated rings. The number of carbonyl (C=O) groups excluding carboxylic acids is 1. The van der Waals surface area contributed by atoms with Gasteiger partial charge in [0.05, 0.1) is 19.3 Å². The summed E-state index contributed by atoms with van der Waals surface area (Å²) < 4.78 is 5.25. The second kappa shape index (κ2) is 7.24. The highest BCUT2D eigenvalue weighted by Gasteiger charge is 2.18. The minimum Gasteiger partial charge on any atom is -0.479 e. The molecule has 116 valence electrons. The molecule has 1 amide bonds. The van der Waals surface area contributed by atoms with Crippen molar-refractivity contribution in [2.75, 3.05) is 64.1 Å². The highest BCUT2D eigenvalue weighted by molar-refractivity contribution is 5.97. The Kier molecular flexibility index (Phi) is 5.35. The van der Waals surface area contributed by atoms with Crippen molar-refractivity contribution in [3.8, 4) is 5.88 Å². The first-order valence-corrected chi connectivity index (χ1v) is 7.05. The number of nitrogens with one attached hydrogen (secondary N) is 2. The third-order valence-electron chi connectivity index (χ3n) is 3.41. The van der Waals surface area contributed by atoms with E-state index in [2.05, 4.69) is 20.5 Å². The number of nitrogens with zero attached hydrogens (tertiary/aromatic N) is 3. The van der Waals surface area contributed by atoms with E-state index in [1.165, 1.54) is 0 Å². The molecule has 0 aromatic carbocycles. The highest BCUT2D eigenvalue weighted by atomic mass is 16.5. The van der Waals surface area contributed by atoms with Gasteiger partial charge < -0.3 is 20.3 Å². The van der Waals surface area contributed by atoms with E-state index in [0.717, 1.165) is 31.9 Å². The van der Waals surface area contributed by atoms with Gasteiger partial charge in [-0.15, -0.1) is 0 Å². The summed E-state index contributed by atoms with van der Waals surface area (Å²) in [6.07, 6.45) is 1.67. The van der Waals surface area contributed by atoms with E-state index >= 15 is 0 Å². The summed E-state index contributed by atoms with van der Waals surface area (Å²) in [5, 5.41) is 6.20. The minimum absolute atomic E-state index is 0.0497. The minimum atomic E-state index is -0.0497. The van der Waals surface area contributed by atoms with E-state index in [9.17, 15) is 4.79 Å². The van der Waals surface area contributed by atoms with Gasteiger partial charge in [-0.3, -0.25) is 9.69 Å². The van der Waals surface area contributed by atoms with E-state index in [-0.39, 0.29) is 5.91 Å². The Morgan fingerprint density at radius 1 is 1.48 bits per heavy atom. The van der Waals surface area contributed by atoms with Crippen molar-refractivity contribution in [1.29, 1.82) is 0 Å². The summed E-state index contributed by atoms with van der Waals surface area (Å²) >= 11 is 0. The molecule has 0 bridgehead atoms. The molecule has 2 N–H and O–H groups in total. The molecule has 1 aliphatic rings. The SMILES string of the molecule is COc1nccc(N(C)C)c1NC(=O)CN1CCNCC1. The first-order chi connectivity index (χ1) is 10.1. The zero-order valence-electron chi connectivity index (χ0n) is 12.8. The lowest BCUT2D eigenvalue weighted by atomic mass is 10.3. The standard InChI is InChI=1S/C14H23N5O2/c1-18(2)11-4-5-16-14(21-3)13(11)17-12(20)10-19-8-6-15-7-9-19/h4-5,15H,6-10H2,1-3H3,(H,17,20). The van der Waals surface area contributed by atoms with Crippen LogP contribution in [0.25, 0.3) is 0 Å². The van der Waals surface area contributed by atoms with E-state index in [0.29, 0.717) is 18.1 Å². The van der Waals surface area contributed by atoms with Crippen molar-refractivity contribution in [1.82, 2.24) is 15.2 Å². The van der Waals surface area contributed by atoms with Gasteiger partial charge in [-0.05, 0) is 6.07 Å². The number of aromatic nitrogens is 1. The summed E-state index contributed by atoms with van der Waals surface area (Å²) in [7, 11) is 5.38. The number of piperazine rings is 1. The van der Waals surface area contributed by atoms with Crippen LogP contribution in [-0.4, -0.2) is 69.7 Å². The molecule has 21 heavy (non-hydrogen) atoms. The van der Waals surface area contributed by atoms with Crippen molar-refractivity contribution >= 4 is 17.3 Å². The molecule has 0 spiro atoms. The molecule has 7 nitrogen and oxygen atoms in total. The second-order valence-corrected chi connectivity index (χ2v) is 5.18. The number of pyridine rings is 1. The molecule has 0 saturated carbocycles. The van der Waals surface area contributed by atoms with Gasteiger partial charge in [0.25, 0.3) is 0 Å². The quantitative estimate of drug-likeness (QED) is 0.796. The second-order valence-electron chi connectivity index (χ2n) is 5.18. The average molecular weight is 293 g/mol. The Balaban J connectivity index is 2.08. The molecule has 1 aliphatic heterocycles. The van der Waals surface area contributed by atoms with E-state index in [1.807, 2.05) is 25.1 Å². The highest BCUT2D eigenvalue weighted by Crippen LogP contribution is 2.31. The molecule has 0 atom stereocenters. The molecule has 2 heterocycles. The lowest BCUT2D eigenvalue weighted by Gasteiger charge is -2.27. The number of methoxy groups -OCH3 is 1. The maximum Gasteiger partial charge on any atom is 0.239 e. The maximum atomic E-state index is 12.2. The molecule has 1 saturated heterocycles. The predicted octanol–water partition coefficient (Wildman–Crippen LogP) is -0.0001000. The molecule has 2 rings (SSSR count). The van der Waals surface area contributed by atoms with Crippen LogP contribution >= 0.6 is 0 Å². The van der Waals surface area contributed by atoms with Crippen molar-refractivity contribution in [2.24, 2.45) is 0 Å². The monoisotopic (exact) mass is 293 g/mol.